The summed E-state index contributed by atoms with van der Waals surface area (Å²) in [6.07, 6.45) is 1.01. The quantitative estimate of drug-likeness (QED) is 0.825. The van der Waals surface area contributed by atoms with Gasteiger partial charge < -0.3 is 11.1 Å². The van der Waals surface area contributed by atoms with E-state index in [9.17, 15) is 9.18 Å². The summed E-state index contributed by atoms with van der Waals surface area (Å²) in [5.41, 5.74) is 6.07. The van der Waals surface area contributed by atoms with Crippen LogP contribution in [0.15, 0.2) is 24.3 Å². The molecular formula is C13H19FN2O. The van der Waals surface area contributed by atoms with Gasteiger partial charge in [-0.2, -0.15) is 0 Å². The van der Waals surface area contributed by atoms with Gasteiger partial charge in [-0.25, -0.2) is 4.39 Å². The molecule has 0 spiro atoms. The van der Waals surface area contributed by atoms with Crippen molar-refractivity contribution in [1.82, 2.24) is 5.32 Å². The topological polar surface area (TPSA) is 55.1 Å². The number of carbonyl (C=O) groups is 1. The molecule has 94 valence electrons. The van der Waals surface area contributed by atoms with Crippen LogP contribution in [0.3, 0.4) is 0 Å². The molecule has 0 aliphatic heterocycles. The van der Waals surface area contributed by atoms with E-state index in [1.807, 2.05) is 6.92 Å². The molecule has 1 rings (SSSR count). The van der Waals surface area contributed by atoms with Crippen molar-refractivity contribution in [2.75, 3.05) is 0 Å². The minimum Gasteiger partial charge on any atom is -0.349 e. The molecule has 4 heteroatoms. The van der Waals surface area contributed by atoms with Gasteiger partial charge in [0.15, 0.2) is 0 Å². The van der Waals surface area contributed by atoms with Crippen LogP contribution in [0.5, 0.6) is 0 Å². The van der Waals surface area contributed by atoms with Crippen molar-refractivity contribution < 1.29 is 9.18 Å². The predicted octanol–water partition coefficient (Wildman–Crippen LogP) is 2.13. The minimum absolute atomic E-state index is 0.00418. The van der Waals surface area contributed by atoms with Crippen LogP contribution < -0.4 is 11.1 Å². The minimum atomic E-state index is -0.322. The number of carbonyl (C=O) groups excluding carboxylic acids is 1. The molecule has 3 nitrogen and oxygen atoms in total. The summed E-state index contributed by atoms with van der Waals surface area (Å²) < 4.78 is 13.4. The van der Waals surface area contributed by atoms with Crippen molar-refractivity contribution in [3.63, 3.8) is 0 Å². The highest BCUT2D eigenvalue weighted by Gasteiger charge is 2.12. The molecule has 1 aromatic rings. The normalized spacial score (nSPS) is 14.1. The first-order chi connectivity index (χ1) is 8.00. The summed E-state index contributed by atoms with van der Waals surface area (Å²) in [5.74, 6) is -0.398. The Labute approximate surface area is 101 Å². The molecule has 0 radical (unpaired) electrons. The second kappa shape index (κ2) is 6.35. The number of benzene rings is 1. The van der Waals surface area contributed by atoms with Crippen LogP contribution in [-0.4, -0.2) is 11.9 Å². The van der Waals surface area contributed by atoms with Gasteiger partial charge in [0.05, 0.1) is 6.04 Å². The summed E-state index contributed by atoms with van der Waals surface area (Å²) in [6.45, 7) is 3.62. The van der Waals surface area contributed by atoms with Crippen molar-refractivity contribution in [2.24, 2.45) is 5.73 Å². The monoisotopic (exact) mass is 238 g/mol. The zero-order valence-corrected chi connectivity index (χ0v) is 10.2. The molecule has 1 amide bonds. The SMILES string of the molecule is CC(N)CCC(=O)N[C@H](C)c1ccccc1F. The Bertz CT molecular complexity index is 379. The van der Waals surface area contributed by atoms with Crippen LogP contribution in [0.25, 0.3) is 0 Å². The molecule has 0 aliphatic rings. The van der Waals surface area contributed by atoms with Gasteiger partial charge in [-0.05, 0) is 26.3 Å². The summed E-state index contributed by atoms with van der Waals surface area (Å²) >= 11 is 0. The van der Waals surface area contributed by atoms with Gasteiger partial charge in [-0.1, -0.05) is 18.2 Å². The summed E-state index contributed by atoms with van der Waals surface area (Å²) in [5, 5.41) is 2.76. The Kier molecular flexibility index (Phi) is 5.10. The van der Waals surface area contributed by atoms with E-state index in [-0.39, 0.29) is 23.8 Å². The number of nitrogens with two attached hydrogens (primary N) is 1. The molecule has 3 N–H and O–H groups in total. The Hall–Kier alpha value is -1.42. The first kappa shape index (κ1) is 13.6. The Morgan fingerprint density at radius 3 is 2.65 bits per heavy atom. The van der Waals surface area contributed by atoms with Crippen molar-refractivity contribution in [3.8, 4) is 0 Å². The molecule has 0 saturated carbocycles. The molecular weight excluding hydrogens is 219 g/mol. The number of hydrogen-bond donors (Lipinski definition) is 2. The number of halogens is 1. The Morgan fingerprint density at radius 1 is 1.41 bits per heavy atom. The lowest BCUT2D eigenvalue weighted by Gasteiger charge is -2.15. The third-order valence-electron chi connectivity index (χ3n) is 2.58. The lowest BCUT2D eigenvalue weighted by atomic mass is 10.1. The average Bonchev–Trinajstić information content (AvgIpc) is 2.26. The number of rotatable bonds is 5. The molecule has 0 aromatic heterocycles. The van der Waals surface area contributed by atoms with Crippen LogP contribution >= 0.6 is 0 Å². The van der Waals surface area contributed by atoms with Gasteiger partial charge in [0.25, 0.3) is 0 Å². The second-order valence-electron chi connectivity index (χ2n) is 4.33. The fraction of sp³-hybridized carbons (Fsp3) is 0.462. The van der Waals surface area contributed by atoms with Crippen LogP contribution in [0, 0.1) is 5.82 Å². The molecule has 0 aliphatic carbocycles. The van der Waals surface area contributed by atoms with E-state index < -0.39 is 0 Å². The van der Waals surface area contributed by atoms with Gasteiger partial charge in [0.2, 0.25) is 5.91 Å². The summed E-state index contributed by atoms with van der Waals surface area (Å²) in [6, 6.07) is 6.12. The highest BCUT2D eigenvalue weighted by Crippen LogP contribution is 2.16. The smallest absolute Gasteiger partial charge is 0.220 e. The zero-order chi connectivity index (χ0) is 12.8. The number of nitrogens with one attached hydrogen (secondary N) is 1. The molecule has 1 aromatic carbocycles. The van der Waals surface area contributed by atoms with Crippen LogP contribution in [-0.2, 0) is 4.79 Å². The van der Waals surface area contributed by atoms with Crippen molar-refractivity contribution >= 4 is 5.91 Å². The van der Waals surface area contributed by atoms with Crippen LogP contribution in [0.1, 0.15) is 38.3 Å². The molecule has 1 unspecified atom stereocenters. The van der Waals surface area contributed by atoms with Crippen LogP contribution in [0.2, 0.25) is 0 Å². The second-order valence-corrected chi connectivity index (χ2v) is 4.33. The van der Waals surface area contributed by atoms with E-state index in [1.165, 1.54) is 6.07 Å². The fourth-order valence-corrected chi connectivity index (χ4v) is 1.58. The van der Waals surface area contributed by atoms with E-state index >= 15 is 0 Å². The maximum atomic E-state index is 13.4. The molecule has 0 saturated heterocycles. The summed E-state index contributed by atoms with van der Waals surface area (Å²) in [7, 11) is 0. The fourth-order valence-electron chi connectivity index (χ4n) is 1.58. The van der Waals surface area contributed by atoms with Gasteiger partial charge >= 0.3 is 0 Å². The standard InChI is InChI=1S/C13H19FN2O/c1-9(15)7-8-13(17)16-10(2)11-5-3-4-6-12(11)14/h3-6,9-10H,7-8,15H2,1-2H3,(H,16,17)/t9?,10-/m1/s1. The van der Waals surface area contributed by atoms with Crippen LogP contribution in [0.4, 0.5) is 4.39 Å². The van der Waals surface area contributed by atoms with E-state index in [1.54, 1.807) is 25.1 Å². The number of hydrogen-bond acceptors (Lipinski definition) is 2. The van der Waals surface area contributed by atoms with Gasteiger partial charge in [-0.15, -0.1) is 0 Å². The average molecular weight is 238 g/mol. The number of amides is 1. The molecule has 0 heterocycles. The highest BCUT2D eigenvalue weighted by molar-refractivity contribution is 5.76. The highest BCUT2D eigenvalue weighted by atomic mass is 19.1. The lowest BCUT2D eigenvalue weighted by molar-refractivity contribution is -0.121. The first-order valence-corrected chi connectivity index (χ1v) is 5.80. The predicted molar refractivity (Wildman–Crippen MR) is 65.8 cm³/mol. The molecule has 0 fully saturated rings. The largest absolute Gasteiger partial charge is 0.349 e. The molecule has 2 atom stereocenters. The van der Waals surface area contributed by atoms with E-state index in [2.05, 4.69) is 5.32 Å². The lowest BCUT2D eigenvalue weighted by Crippen LogP contribution is -2.28. The first-order valence-electron chi connectivity index (χ1n) is 5.80. The maximum Gasteiger partial charge on any atom is 0.220 e. The van der Waals surface area contributed by atoms with Crippen molar-refractivity contribution in [3.05, 3.63) is 35.6 Å². The van der Waals surface area contributed by atoms with Crippen molar-refractivity contribution in [2.45, 2.75) is 38.8 Å². The molecule has 17 heavy (non-hydrogen) atoms. The van der Waals surface area contributed by atoms with Gasteiger partial charge in [0.1, 0.15) is 5.82 Å². The maximum absolute atomic E-state index is 13.4. The zero-order valence-electron chi connectivity index (χ0n) is 10.2. The van der Waals surface area contributed by atoms with E-state index in [0.29, 0.717) is 18.4 Å². The van der Waals surface area contributed by atoms with Gasteiger partial charge in [0, 0.05) is 18.0 Å². The Morgan fingerprint density at radius 2 is 2.06 bits per heavy atom. The molecule has 0 bridgehead atoms. The van der Waals surface area contributed by atoms with Crippen molar-refractivity contribution in [1.29, 1.82) is 0 Å². The van der Waals surface area contributed by atoms with Gasteiger partial charge in [-0.3, -0.25) is 4.79 Å². The third-order valence-corrected chi connectivity index (χ3v) is 2.58. The Balaban J connectivity index is 2.52. The third kappa shape index (κ3) is 4.53. The van der Waals surface area contributed by atoms with E-state index in [0.717, 1.165) is 0 Å². The van der Waals surface area contributed by atoms with E-state index in [4.69, 9.17) is 5.73 Å². The summed E-state index contributed by atoms with van der Waals surface area (Å²) in [4.78, 5) is 11.6.